The standard InChI is InChI=1S/C16H13N7OS/c24-16(11-1-2-13-14(9-11)22-25-21-13)19-6-8-23-7-3-12(20-23)15-10-17-4-5-18-15/h1-5,7,9-10H,6,8H2,(H,19,24). The molecule has 0 radical (unpaired) electrons. The maximum absolute atomic E-state index is 12.2. The molecule has 3 heterocycles. The van der Waals surface area contributed by atoms with Crippen LogP contribution in [0.4, 0.5) is 0 Å². The number of hydrogen-bond acceptors (Lipinski definition) is 7. The molecule has 25 heavy (non-hydrogen) atoms. The fourth-order valence-electron chi connectivity index (χ4n) is 2.36. The Balaban J connectivity index is 1.36. The van der Waals surface area contributed by atoms with Gasteiger partial charge in [0.15, 0.2) is 0 Å². The molecule has 1 N–H and O–H groups in total. The topological polar surface area (TPSA) is 98.5 Å². The molecule has 1 aromatic carbocycles. The fraction of sp³-hybridized carbons (Fsp3) is 0.125. The molecule has 0 fully saturated rings. The Morgan fingerprint density at radius 3 is 2.92 bits per heavy atom. The number of amides is 1. The van der Waals surface area contributed by atoms with E-state index in [4.69, 9.17) is 0 Å². The number of rotatable bonds is 5. The molecule has 124 valence electrons. The Bertz CT molecular complexity index is 1010. The molecule has 0 atom stereocenters. The van der Waals surface area contributed by atoms with E-state index in [0.717, 1.165) is 34.1 Å². The van der Waals surface area contributed by atoms with Crippen LogP contribution in [0.25, 0.3) is 22.4 Å². The second kappa shape index (κ2) is 6.73. The van der Waals surface area contributed by atoms with Gasteiger partial charge in [0.05, 0.1) is 24.5 Å². The van der Waals surface area contributed by atoms with Crippen LogP contribution in [0.15, 0.2) is 49.1 Å². The molecular weight excluding hydrogens is 338 g/mol. The van der Waals surface area contributed by atoms with E-state index in [1.807, 2.05) is 12.3 Å². The first-order valence-corrected chi connectivity index (χ1v) is 8.33. The van der Waals surface area contributed by atoms with E-state index in [2.05, 4.69) is 29.1 Å². The molecule has 0 bridgehead atoms. The number of aromatic nitrogens is 6. The SMILES string of the molecule is O=C(NCCn1ccc(-c2cnccn2)n1)c1ccc2nsnc2c1. The minimum absolute atomic E-state index is 0.142. The number of benzene rings is 1. The highest BCUT2D eigenvalue weighted by molar-refractivity contribution is 7.00. The van der Waals surface area contributed by atoms with Gasteiger partial charge in [-0.05, 0) is 24.3 Å². The van der Waals surface area contributed by atoms with Crippen LogP contribution in [0.2, 0.25) is 0 Å². The van der Waals surface area contributed by atoms with Gasteiger partial charge in [-0.2, -0.15) is 13.8 Å². The lowest BCUT2D eigenvalue weighted by atomic mass is 10.2. The summed E-state index contributed by atoms with van der Waals surface area (Å²) in [5, 5.41) is 7.31. The normalized spacial score (nSPS) is 10.9. The quantitative estimate of drug-likeness (QED) is 0.588. The molecular formula is C16H13N7OS. The van der Waals surface area contributed by atoms with Crippen molar-refractivity contribution < 1.29 is 4.79 Å². The van der Waals surface area contributed by atoms with E-state index in [-0.39, 0.29) is 5.91 Å². The highest BCUT2D eigenvalue weighted by Gasteiger charge is 2.08. The van der Waals surface area contributed by atoms with Crippen molar-refractivity contribution in [3.8, 4) is 11.4 Å². The number of fused-ring (bicyclic) bond motifs is 1. The monoisotopic (exact) mass is 351 g/mol. The first kappa shape index (κ1) is 15.3. The van der Waals surface area contributed by atoms with Crippen LogP contribution >= 0.6 is 11.7 Å². The minimum Gasteiger partial charge on any atom is -0.350 e. The molecule has 0 saturated carbocycles. The Morgan fingerprint density at radius 2 is 2.04 bits per heavy atom. The van der Waals surface area contributed by atoms with Crippen molar-refractivity contribution in [1.82, 2.24) is 33.8 Å². The second-order valence-electron chi connectivity index (χ2n) is 5.28. The van der Waals surface area contributed by atoms with Gasteiger partial charge >= 0.3 is 0 Å². The molecule has 9 heteroatoms. The van der Waals surface area contributed by atoms with Crippen molar-refractivity contribution in [1.29, 1.82) is 0 Å². The third-order valence-corrected chi connectivity index (χ3v) is 4.17. The van der Waals surface area contributed by atoms with Gasteiger partial charge in [-0.15, -0.1) is 0 Å². The third-order valence-electron chi connectivity index (χ3n) is 3.61. The van der Waals surface area contributed by atoms with Crippen molar-refractivity contribution >= 4 is 28.7 Å². The predicted molar refractivity (Wildman–Crippen MR) is 93.0 cm³/mol. The van der Waals surface area contributed by atoms with Gasteiger partial charge in [0.25, 0.3) is 5.91 Å². The summed E-state index contributed by atoms with van der Waals surface area (Å²) in [6.07, 6.45) is 6.76. The Kier molecular flexibility index (Phi) is 4.13. The van der Waals surface area contributed by atoms with E-state index in [1.165, 1.54) is 0 Å². The number of carbonyl (C=O) groups excluding carboxylic acids is 1. The highest BCUT2D eigenvalue weighted by atomic mass is 32.1. The Labute approximate surface area is 146 Å². The summed E-state index contributed by atoms with van der Waals surface area (Å²) in [5.74, 6) is -0.142. The molecule has 0 aliphatic heterocycles. The van der Waals surface area contributed by atoms with Gasteiger partial charge in [-0.1, -0.05) is 0 Å². The molecule has 3 aromatic heterocycles. The summed E-state index contributed by atoms with van der Waals surface area (Å²) in [6, 6.07) is 7.16. The minimum atomic E-state index is -0.142. The molecule has 0 saturated heterocycles. The van der Waals surface area contributed by atoms with Crippen molar-refractivity contribution in [2.75, 3.05) is 6.54 Å². The van der Waals surface area contributed by atoms with E-state index in [1.54, 1.807) is 41.5 Å². The average molecular weight is 351 g/mol. The van der Waals surface area contributed by atoms with Gasteiger partial charge in [0, 0.05) is 30.7 Å². The average Bonchev–Trinajstić information content (AvgIpc) is 3.31. The van der Waals surface area contributed by atoms with E-state index in [0.29, 0.717) is 18.7 Å². The maximum Gasteiger partial charge on any atom is 0.251 e. The summed E-state index contributed by atoms with van der Waals surface area (Å²) in [5.41, 5.74) is 3.57. The zero-order valence-corrected chi connectivity index (χ0v) is 13.8. The number of nitrogens with zero attached hydrogens (tertiary/aromatic N) is 6. The highest BCUT2D eigenvalue weighted by Crippen LogP contribution is 2.14. The van der Waals surface area contributed by atoms with Gasteiger partial charge in [0.1, 0.15) is 22.4 Å². The Morgan fingerprint density at radius 1 is 1.12 bits per heavy atom. The lowest BCUT2D eigenvalue weighted by Crippen LogP contribution is -2.27. The van der Waals surface area contributed by atoms with E-state index in [9.17, 15) is 4.79 Å². The lowest BCUT2D eigenvalue weighted by molar-refractivity contribution is 0.0952. The van der Waals surface area contributed by atoms with Crippen LogP contribution in [-0.2, 0) is 6.54 Å². The summed E-state index contributed by atoms with van der Waals surface area (Å²) in [7, 11) is 0. The fourth-order valence-corrected chi connectivity index (χ4v) is 2.88. The van der Waals surface area contributed by atoms with Gasteiger partial charge in [0.2, 0.25) is 0 Å². The zero-order chi connectivity index (χ0) is 17.1. The molecule has 0 aliphatic rings. The predicted octanol–water partition coefficient (Wildman–Crippen LogP) is 1.77. The number of nitrogens with one attached hydrogen (secondary N) is 1. The molecule has 8 nitrogen and oxygen atoms in total. The molecule has 4 rings (SSSR count). The lowest BCUT2D eigenvalue weighted by Gasteiger charge is -2.05. The molecule has 0 unspecified atom stereocenters. The van der Waals surface area contributed by atoms with Crippen LogP contribution in [0.1, 0.15) is 10.4 Å². The third kappa shape index (κ3) is 3.36. The molecule has 4 aromatic rings. The first-order valence-electron chi connectivity index (χ1n) is 7.60. The van der Waals surface area contributed by atoms with Crippen molar-refractivity contribution in [3.05, 3.63) is 54.6 Å². The van der Waals surface area contributed by atoms with Gasteiger partial charge in [-0.3, -0.25) is 19.4 Å². The van der Waals surface area contributed by atoms with Crippen LogP contribution in [0.5, 0.6) is 0 Å². The Hall–Kier alpha value is -3.20. The van der Waals surface area contributed by atoms with Crippen LogP contribution in [0, 0.1) is 0 Å². The summed E-state index contributed by atoms with van der Waals surface area (Å²) < 4.78 is 10.0. The zero-order valence-electron chi connectivity index (χ0n) is 13.0. The largest absolute Gasteiger partial charge is 0.350 e. The second-order valence-corrected chi connectivity index (χ2v) is 5.81. The molecule has 0 aliphatic carbocycles. The molecule has 1 amide bonds. The summed E-state index contributed by atoms with van der Waals surface area (Å²) >= 11 is 1.14. The van der Waals surface area contributed by atoms with Crippen molar-refractivity contribution in [2.24, 2.45) is 0 Å². The smallest absolute Gasteiger partial charge is 0.251 e. The van der Waals surface area contributed by atoms with Crippen molar-refractivity contribution in [3.63, 3.8) is 0 Å². The van der Waals surface area contributed by atoms with Crippen LogP contribution in [-0.4, -0.2) is 40.9 Å². The van der Waals surface area contributed by atoms with Crippen LogP contribution < -0.4 is 5.32 Å². The maximum atomic E-state index is 12.2. The summed E-state index contributed by atoms with van der Waals surface area (Å²) in [4.78, 5) is 20.5. The van der Waals surface area contributed by atoms with E-state index < -0.39 is 0 Å². The number of hydrogen-bond donors (Lipinski definition) is 1. The van der Waals surface area contributed by atoms with E-state index >= 15 is 0 Å². The van der Waals surface area contributed by atoms with Gasteiger partial charge < -0.3 is 5.32 Å². The van der Waals surface area contributed by atoms with Crippen LogP contribution in [0.3, 0.4) is 0 Å². The van der Waals surface area contributed by atoms with Gasteiger partial charge in [-0.25, -0.2) is 0 Å². The molecule has 0 spiro atoms. The summed E-state index contributed by atoms with van der Waals surface area (Å²) in [6.45, 7) is 1.03. The first-order chi connectivity index (χ1) is 12.3. The number of carbonyl (C=O) groups is 1. The van der Waals surface area contributed by atoms with Crippen molar-refractivity contribution in [2.45, 2.75) is 6.54 Å².